The number of benzene rings is 2. The number of ether oxygens (including phenoxy) is 2. The van der Waals surface area contributed by atoms with Gasteiger partial charge in [0.25, 0.3) is 0 Å². The molecule has 3 heteroatoms. The summed E-state index contributed by atoms with van der Waals surface area (Å²) in [6.45, 7) is 1.17. The number of nitrogens with zero attached hydrogens (tertiary/aromatic N) is 1. The van der Waals surface area contributed by atoms with E-state index in [9.17, 15) is 5.26 Å². The third kappa shape index (κ3) is 1.96. The Labute approximate surface area is 129 Å². The van der Waals surface area contributed by atoms with Crippen LogP contribution in [0.4, 0.5) is 0 Å². The highest BCUT2D eigenvalue weighted by atomic mass is 16.5. The van der Waals surface area contributed by atoms with Crippen molar-refractivity contribution in [1.82, 2.24) is 0 Å². The number of hydrogen-bond acceptors (Lipinski definition) is 3. The lowest BCUT2D eigenvalue weighted by atomic mass is 9.77. The fraction of sp³-hybridized carbons (Fsp3) is 0.211. The molecule has 0 aliphatic carbocycles. The van der Waals surface area contributed by atoms with E-state index in [4.69, 9.17) is 9.47 Å². The van der Waals surface area contributed by atoms with Gasteiger partial charge in [-0.2, -0.15) is 5.26 Å². The first-order valence-electron chi connectivity index (χ1n) is 7.42. The molecule has 0 N–H and O–H groups in total. The lowest BCUT2D eigenvalue weighted by Gasteiger charge is -2.37. The fourth-order valence-electron chi connectivity index (χ4n) is 3.31. The maximum Gasteiger partial charge on any atom is 0.140 e. The molecule has 0 fully saturated rings. The molecule has 0 saturated carbocycles. The molecule has 0 radical (unpaired) electrons. The third-order valence-corrected chi connectivity index (χ3v) is 4.33. The molecular weight excluding hydrogens is 274 g/mol. The minimum Gasteiger partial charge on any atom is -0.493 e. The van der Waals surface area contributed by atoms with Crippen LogP contribution >= 0.6 is 0 Å². The van der Waals surface area contributed by atoms with E-state index in [0.29, 0.717) is 24.5 Å². The van der Waals surface area contributed by atoms with Crippen molar-refractivity contribution in [3.63, 3.8) is 0 Å². The zero-order chi connectivity index (χ0) is 14.9. The molecule has 3 nitrogen and oxygen atoms in total. The Hall–Kier alpha value is -2.73. The van der Waals surface area contributed by atoms with Gasteiger partial charge in [0.05, 0.1) is 24.9 Å². The van der Waals surface area contributed by atoms with E-state index >= 15 is 0 Å². The summed E-state index contributed by atoms with van der Waals surface area (Å²) in [5, 5.41) is 9.76. The minimum absolute atomic E-state index is 0.0545. The van der Waals surface area contributed by atoms with Gasteiger partial charge in [-0.3, -0.25) is 0 Å². The summed E-state index contributed by atoms with van der Waals surface area (Å²) >= 11 is 0. The molecule has 22 heavy (non-hydrogen) atoms. The molecule has 2 aliphatic rings. The van der Waals surface area contributed by atoms with Crippen molar-refractivity contribution in [2.75, 3.05) is 13.2 Å². The first-order valence-corrected chi connectivity index (χ1v) is 7.42. The maximum atomic E-state index is 9.76. The van der Waals surface area contributed by atoms with Crippen LogP contribution < -0.4 is 4.74 Å². The Kier molecular flexibility index (Phi) is 3.08. The number of rotatable bonds is 1. The summed E-state index contributed by atoms with van der Waals surface area (Å²) in [6.07, 6.45) is 0. The molecule has 0 amide bonds. The number of fused-ring (bicyclic) bond motifs is 3. The lowest BCUT2D eigenvalue weighted by molar-refractivity contribution is 0.115. The van der Waals surface area contributed by atoms with E-state index in [1.165, 1.54) is 0 Å². The van der Waals surface area contributed by atoms with Gasteiger partial charge < -0.3 is 9.47 Å². The van der Waals surface area contributed by atoms with Crippen molar-refractivity contribution in [3.05, 3.63) is 71.3 Å². The summed E-state index contributed by atoms with van der Waals surface area (Å²) in [4.78, 5) is 0. The average molecular weight is 289 g/mol. The lowest BCUT2D eigenvalue weighted by Crippen LogP contribution is -2.34. The largest absolute Gasteiger partial charge is 0.493 e. The van der Waals surface area contributed by atoms with E-state index in [0.717, 1.165) is 16.9 Å². The van der Waals surface area contributed by atoms with Crippen LogP contribution in [-0.2, 0) is 4.74 Å². The van der Waals surface area contributed by atoms with Crippen LogP contribution in [0.25, 0.3) is 5.76 Å². The van der Waals surface area contributed by atoms with Gasteiger partial charge in [-0.1, -0.05) is 48.5 Å². The van der Waals surface area contributed by atoms with Crippen LogP contribution in [0.1, 0.15) is 17.0 Å². The van der Waals surface area contributed by atoms with Gasteiger partial charge in [-0.05, 0) is 6.07 Å². The SMILES string of the molecule is N#CC1=C(c2ccccc2)OC[C@H]2COc3ccccc3[C@H]12. The van der Waals surface area contributed by atoms with Crippen LogP contribution in [0.2, 0.25) is 0 Å². The average Bonchev–Trinajstić information content (AvgIpc) is 2.61. The minimum atomic E-state index is 0.0545. The molecule has 0 bridgehead atoms. The Balaban J connectivity index is 1.89. The molecule has 0 aromatic heterocycles. The molecule has 0 saturated heterocycles. The van der Waals surface area contributed by atoms with Crippen molar-refractivity contribution in [2.24, 2.45) is 5.92 Å². The fourth-order valence-corrected chi connectivity index (χ4v) is 3.31. The van der Waals surface area contributed by atoms with E-state index in [-0.39, 0.29) is 11.8 Å². The summed E-state index contributed by atoms with van der Waals surface area (Å²) in [7, 11) is 0. The molecule has 108 valence electrons. The number of para-hydroxylation sites is 1. The van der Waals surface area contributed by atoms with E-state index < -0.39 is 0 Å². The Bertz CT molecular complexity index is 774. The highest BCUT2D eigenvalue weighted by molar-refractivity contribution is 5.70. The quantitative estimate of drug-likeness (QED) is 0.803. The Morgan fingerprint density at radius 1 is 0.909 bits per heavy atom. The zero-order valence-electron chi connectivity index (χ0n) is 12.0. The molecular formula is C19H15NO2. The Morgan fingerprint density at radius 2 is 1.64 bits per heavy atom. The molecule has 2 atom stereocenters. The summed E-state index contributed by atoms with van der Waals surface area (Å²) in [5.41, 5.74) is 2.76. The van der Waals surface area contributed by atoms with Gasteiger partial charge in [0.1, 0.15) is 11.5 Å². The molecule has 0 spiro atoms. The van der Waals surface area contributed by atoms with Gasteiger partial charge >= 0.3 is 0 Å². The first-order chi connectivity index (χ1) is 10.9. The second-order valence-electron chi connectivity index (χ2n) is 5.62. The van der Waals surface area contributed by atoms with Crippen LogP contribution in [0.15, 0.2) is 60.2 Å². The summed E-state index contributed by atoms with van der Waals surface area (Å²) < 4.78 is 11.7. The molecule has 2 aliphatic heterocycles. The number of nitriles is 1. The summed E-state index contributed by atoms with van der Waals surface area (Å²) in [5.74, 6) is 1.84. The monoisotopic (exact) mass is 289 g/mol. The highest BCUT2D eigenvalue weighted by Gasteiger charge is 2.39. The van der Waals surface area contributed by atoms with Gasteiger partial charge in [-0.25, -0.2) is 0 Å². The van der Waals surface area contributed by atoms with Gasteiger partial charge in [-0.15, -0.1) is 0 Å². The van der Waals surface area contributed by atoms with E-state index in [1.54, 1.807) is 0 Å². The second-order valence-corrected chi connectivity index (χ2v) is 5.62. The van der Waals surface area contributed by atoms with Gasteiger partial charge in [0.2, 0.25) is 0 Å². The van der Waals surface area contributed by atoms with E-state index in [2.05, 4.69) is 12.1 Å². The van der Waals surface area contributed by atoms with Crippen molar-refractivity contribution in [2.45, 2.75) is 5.92 Å². The second kappa shape index (κ2) is 5.23. The predicted octanol–water partition coefficient (Wildman–Crippen LogP) is 3.74. The van der Waals surface area contributed by atoms with E-state index in [1.807, 2.05) is 48.5 Å². The number of allylic oxidation sites excluding steroid dienone is 1. The third-order valence-electron chi connectivity index (χ3n) is 4.33. The van der Waals surface area contributed by atoms with Gasteiger partial charge in [0.15, 0.2) is 0 Å². The van der Waals surface area contributed by atoms with Crippen molar-refractivity contribution in [3.8, 4) is 11.8 Å². The number of hydrogen-bond donors (Lipinski definition) is 0. The topological polar surface area (TPSA) is 42.2 Å². The van der Waals surface area contributed by atoms with Crippen LogP contribution in [0.5, 0.6) is 5.75 Å². The molecule has 0 unspecified atom stereocenters. The van der Waals surface area contributed by atoms with Crippen molar-refractivity contribution >= 4 is 5.76 Å². The van der Waals surface area contributed by atoms with Crippen molar-refractivity contribution < 1.29 is 9.47 Å². The molecule has 2 aromatic carbocycles. The molecule has 2 aromatic rings. The highest BCUT2D eigenvalue weighted by Crippen LogP contribution is 2.46. The van der Waals surface area contributed by atoms with Crippen LogP contribution in [0, 0.1) is 17.2 Å². The van der Waals surface area contributed by atoms with Gasteiger partial charge in [0, 0.05) is 23.0 Å². The van der Waals surface area contributed by atoms with Crippen molar-refractivity contribution in [1.29, 1.82) is 5.26 Å². The molecule has 4 rings (SSSR count). The van der Waals surface area contributed by atoms with Crippen LogP contribution in [0.3, 0.4) is 0 Å². The Morgan fingerprint density at radius 3 is 2.45 bits per heavy atom. The normalized spacial score (nSPS) is 22.7. The predicted molar refractivity (Wildman–Crippen MR) is 83.1 cm³/mol. The van der Waals surface area contributed by atoms with Crippen LogP contribution in [-0.4, -0.2) is 13.2 Å². The first kappa shape index (κ1) is 13.0. The summed E-state index contributed by atoms with van der Waals surface area (Å²) in [6, 6.07) is 20.2. The maximum absolute atomic E-state index is 9.76. The smallest absolute Gasteiger partial charge is 0.140 e. The molecule has 2 heterocycles. The standard InChI is InChI=1S/C19H15NO2/c20-10-16-18-14(11-21-17-9-5-4-8-15(17)18)12-22-19(16)13-6-2-1-3-7-13/h1-9,14,18H,11-12H2/t14-,18-/m1/s1. The zero-order valence-corrected chi connectivity index (χ0v) is 12.0.